The lowest BCUT2D eigenvalue weighted by atomic mass is 9.92. The first-order valence-corrected chi connectivity index (χ1v) is 6.53. The Balaban J connectivity index is 1.81. The van der Waals surface area contributed by atoms with Crippen LogP contribution >= 0.6 is 0 Å². The van der Waals surface area contributed by atoms with Crippen LogP contribution in [0.2, 0.25) is 0 Å². The van der Waals surface area contributed by atoms with Crippen LogP contribution in [0.5, 0.6) is 0 Å². The van der Waals surface area contributed by atoms with Gasteiger partial charge in [0.2, 0.25) is 0 Å². The zero-order chi connectivity index (χ0) is 11.9. The summed E-state index contributed by atoms with van der Waals surface area (Å²) < 4.78 is 7.33. The fraction of sp³-hybridized carbons (Fsp3) is 0.692. The average molecular weight is 235 g/mol. The van der Waals surface area contributed by atoms with E-state index in [4.69, 9.17) is 4.74 Å². The fourth-order valence-electron chi connectivity index (χ4n) is 2.08. The molecule has 0 aliphatic heterocycles. The molecule has 1 heterocycles. The molecule has 0 spiro atoms. The summed E-state index contributed by atoms with van der Waals surface area (Å²) in [6, 6.07) is 0. The molecule has 0 bridgehead atoms. The van der Waals surface area contributed by atoms with Gasteiger partial charge in [-0.25, -0.2) is 4.68 Å². The molecular formula is C13H21N3O. The van der Waals surface area contributed by atoms with E-state index in [0.717, 1.165) is 44.7 Å². The Hall–Kier alpha value is -1.16. The van der Waals surface area contributed by atoms with E-state index >= 15 is 0 Å². The molecule has 1 aliphatic rings. The second kappa shape index (κ2) is 6.55. The van der Waals surface area contributed by atoms with Crippen molar-refractivity contribution in [1.29, 1.82) is 0 Å². The quantitative estimate of drug-likeness (QED) is 0.562. The van der Waals surface area contributed by atoms with E-state index in [1.54, 1.807) is 0 Å². The lowest BCUT2D eigenvalue weighted by Crippen LogP contribution is -2.07. The van der Waals surface area contributed by atoms with E-state index in [0.29, 0.717) is 5.92 Å². The molecule has 94 valence electrons. The Morgan fingerprint density at radius 2 is 2.35 bits per heavy atom. The second-order valence-corrected chi connectivity index (χ2v) is 4.50. The number of aromatic nitrogens is 3. The first-order valence-electron chi connectivity index (χ1n) is 6.53. The zero-order valence-electron chi connectivity index (χ0n) is 10.5. The molecule has 0 saturated carbocycles. The maximum absolute atomic E-state index is 5.44. The number of hydrogen-bond acceptors (Lipinski definition) is 3. The van der Waals surface area contributed by atoms with Crippen LogP contribution in [0.15, 0.2) is 18.3 Å². The maximum atomic E-state index is 5.44. The Morgan fingerprint density at radius 1 is 1.41 bits per heavy atom. The van der Waals surface area contributed by atoms with Crippen LogP contribution in [0.1, 0.15) is 44.2 Å². The highest BCUT2D eigenvalue weighted by Crippen LogP contribution is 2.26. The first kappa shape index (κ1) is 12.3. The van der Waals surface area contributed by atoms with Gasteiger partial charge in [-0.3, -0.25) is 0 Å². The summed E-state index contributed by atoms with van der Waals surface area (Å²) in [5, 5.41) is 8.41. The first-order chi connectivity index (χ1) is 8.40. The lowest BCUT2D eigenvalue weighted by molar-refractivity contribution is 0.124. The van der Waals surface area contributed by atoms with E-state index in [9.17, 15) is 0 Å². The SMILES string of the molecule is CCCOCCn1cc(C2CC=CCC2)nn1. The van der Waals surface area contributed by atoms with Crippen molar-refractivity contribution in [1.82, 2.24) is 15.0 Å². The molecule has 4 heteroatoms. The van der Waals surface area contributed by atoms with Gasteiger partial charge in [0.25, 0.3) is 0 Å². The highest BCUT2D eigenvalue weighted by atomic mass is 16.5. The minimum atomic E-state index is 0.560. The molecule has 0 saturated heterocycles. The number of nitrogens with zero attached hydrogens (tertiary/aromatic N) is 3. The van der Waals surface area contributed by atoms with Crippen LogP contribution in [0.3, 0.4) is 0 Å². The van der Waals surface area contributed by atoms with Crippen molar-refractivity contribution in [3.05, 3.63) is 24.0 Å². The molecule has 1 aliphatic carbocycles. The summed E-state index contributed by atoms with van der Waals surface area (Å²) >= 11 is 0. The Bertz CT molecular complexity index is 359. The van der Waals surface area contributed by atoms with E-state index in [-0.39, 0.29) is 0 Å². The van der Waals surface area contributed by atoms with E-state index in [1.165, 1.54) is 6.42 Å². The topological polar surface area (TPSA) is 39.9 Å². The third-order valence-corrected chi connectivity index (χ3v) is 3.06. The summed E-state index contributed by atoms with van der Waals surface area (Å²) in [5.74, 6) is 0.560. The van der Waals surface area contributed by atoms with Gasteiger partial charge in [0, 0.05) is 18.7 Å². The van der Waals surface area contributed by atoms with Crippen molar-refractivity contribution >= 4 is 0 Å². The summed E-state index contributed by atoms with van der Waals surface area (Å²) in [4.78, 5) is 0. The molecular weight excluding hydrogens is 214 g/mol. The minimum absolute atomic E-state index is 0.560. The monoisotopic (exact) mass is 235 g/mol. The van der Waals surface area contributed by atoms with Crippen LogP contribution in [0, 0.1) is 0 Å². The number of allylic oxidation sites excluding steroid dienone is 2. The largest absolute Gasteiger partial charge is 0.380 e. The van der Waals surface area contributed by atoms with Gasteiger partial charge in [-0.1, -0.05) is 24.3 Å². The smallest absolute Gasteiger partial charge is 0.0861 e. The van der Waals surface area contributed by atoms with Crippen molar-refractivity contribution in [2.24, 2.45) is 0 Å². The van der Waals surface area contributed by atoms with Crippen LogP contribution in [-0.4, -0.2) is 28.2 Å². The standard InChI is InChI=1S/C13H21N3O/c1-2-9-17-10-8-16-11-13(14-15-16)12-6-4-3-5-7-12/h3-4,11-12H,2,5-10H2,1H3. The summed E-state index contributed by atoms with van der Waals surface area (Å²) in [6.07, 6.45) is 11.1. The van der Waals surface area contributed by atoms with Crippen molar-refractivity contribution in [3.63, 3.8) is 0 Å². The molecule has 17 heavy (non-hydrogen) atoms. The van der Waals surface area contributed by atoms with Gasteiger partial charge in [-0.2, -0.15) is 0 Å². The van der Waals surface area contributed by atoms with E-state index in [2.05, 4.69) is 35.6 Å². The van der Waals surface area contributed by atoms with Gasteiger partial charge in [0.1, 0.15) is 0 Å². The zero-order valence-corrected chi connectivity index (χ0v) is 10.5. The minimum Gasteiger partial charge on any atom is -0.380 e. The molecule has 0 amide bonds. The van der Waals surface area contributed by atoms with Crippen LogP contribution in [-0.2, 0) is 11.3 Å². The predicted octanol–water partition coefficient (Wildman–Crippen LogP) is 2.53. The van der Waals surface area contributed by atoms with Crippen LogP contribution in [0.4, 0.5) is 0 Å². The molecule has 0 fully saturated rings. The fourth-order valence-corrected chi connectivity index (χ4v) is 2.08. The highest BCUT2D eigenvalue weighted by molar-refractivity contribution is 5.08. The molecule has 1 unspecified atom stereocenters. The second-order valence-electron chi connectivity index (χ2n) is 4.50. The Morgan fingerprint density at radius 3 is 3.12 bits per heavy atom. The molecule has 1 aromatic heterocycles. The summed E-state index contributed by atoms with van der Waals surface area (Å²) in [6.45, 7) is 4.47. The van der Waals surface area contributed by atoms with Crippen LogP contribution in [0.25, 0.3) is 0 Å². The van der Waals surface area contributed by atoms with Crippen molar-refractivity contribution in [2.45, 2.75) is 45.1 Å². The predicted molar refractivity (Wildman–Crippen MR) is 66.9 cm³/mol. The van der Waals surface area contributed by atoms with E-state index < -0.39 is 0 Å². The van der Waals surface area contributed by atoms with E-state index in [1.807, 2.05) is 4.68 Å². The molecule has 2 rings (SSSR count). The molecule has 0 radical (unpaired) electrons. The molecule has 1 atom stereocenters. The van der Waals surface area contributed by atoms with Gasteiger partial charge in [0.15, 0.2) is 0 Å². The van der Waals surface area contributed by atoms with Gasteiger partial charge < -0.3 is 4.74 Å². The van der Waals surface area contributed by atoms with Crippen molar-refractivity contribution in [2.75, 3.05) is 13.2 Å². The Kier molecular flexibility index (Phi) is 4.74. The number of hydrogen-bond donors (Lipinski definition) is 0. The summed E-state index contributed by atoms with van der Waals surface area (Å²) in [7, 11) is 0. The van der Waals surface area contributed by atoms with Gasteiger partial charge in [-0.15, -0.1) is 5.10 Å². The molecule has 4 nitrogen and oxygen atoms in total. The number of ether oxygens (including phenoxy) is 1. The van der Waals surface area contributed by atoms with Gasteiger partial charge in [0.05, 0.1) is 18.8 Å². The number of rotatable bonds is 6. The lowest BCUT2D eigenvalue weighted by Gasteiger charge is -2.13. The molecule has 1 aromatic rings. The third kappa shape index (κ3) is 3.66. The Labute approximate surface area is 103 Å². The average Bonchev–Trinajstić information content (AvgIpc) is 2.85. The van der Waals surface area contributed by atoms with Gasteiger partial charge >= 0.3 is 0 Å². The van der Waals surface area contributed by atoms with Crippen molar-refractivity contribution in [3.8, 4) is 0 Å². The normalized spacial score (nSPS) is 19.7. The third-order valence-electron chi connectivity index (χ3n) is 3.06. The maximum Gasteiger partial charge on any atom is 0.0861 e. The highest BCUT2D eigenvalue weighted by Gasteiger charge is 2.15. The van der Waals surface area contributed by atoms with Crippen LogP contribution < -0.4 is 0 Å². The van der Waals surface area contributed by atoms with Gasteiger partial charge in [-0.05, 0) is 25.7 Å². The van der Waals surface area contributed by atoms with Crippen molar-refractivity contribution < 1.29 is 4.74 Å². The summed E-state index contributed by atoms with van der Waals surface area (Å²) in [5.41, 5.74) is 1.13. The molecule has 0 N–H and O–H groups in total. The molecule has 0 aromatic carbocycles.